The maximum atomic E-state index is 13.6. The predicted octanol–water partition coefficient (Wildman–Crippen LogP) is 1.42. The Labute approximate surface area is 171 Å². The summed E-state index contributed by atoms with van der Waals surface area (Å²) in [6, 6.07) is 11.3. The topological polar surface area (TPSA) is 102 Å². The number of primary amides is 1. The van der Waals surface area contributed by atoms with Crippen molar-refractivity contribution in [1.82, 2.24) is 4.90 Å². The van der Waals surface area contributed by atoms with Crippen LogP contribution in [0.1, 0.15) is 17.2 Å². The van der Waals surface area contributed by atoms with Gasteiger partial charge in [0.15, 0.2) is 11.5 Å². The normalized spacial score (nSPS) is 27.9. The number of nitrogens with zero attached hydrogens (tertiary/aromatic N) is 2. The van der Waals surface area contributed by atoms with Gasteiger partial charge in [-0.15, -0.1) is 0 Å². The van der Waals surface area contributed by atoms with Crippen LogP contribution >= 0.6 is 0 Å². The lowest BCUT2D eigenvalue weighted by Crippen LogP contribution is -2.46. The predicted molar refractivity (Wildman–Crippen MR) is 105 cm³/mol. The molecule has 8 nitrogen and oxygen atoms in total. The number of fused-ring (bicyclic) bond motifs is 6. The van der Waals surface area contributed by atoms with Crippen molar-refractivity contribution in [1.29, 1.82) is 0 Å². The quantitative estimate of drug-likeness (QED) is 0.761. The number of amides is 3. The van der Waals surface area contributed by atoms with E-state index in [0.717, 1.165) is 16.0 Å². The molecule has 30 heavy (non-hydrogen) atoms. The molecule has 4 unspecified atom stereocenters. The fourth-order valence-electron chi connectivity index (χ4n) is 5.16. The summed E-state index contributed by atoms with van der Waals surface area (Å²) in [5, 5.41) is 0. The van der Waals surface area contributed by atoms with Gasteiger partial charge in [0.05, 0.1) is 23.6 Å². The third-order valence-electron chi connectivity index (χ3n) is 6.37. The van der Waals surface area contributed by atoms with Gasteiger partial charge in [-0.05, 0) is 29.3 Å². The fraction of sp³-hybridized carbons (Fsp3) is 0.227. The largest absolute Gasteiger partial charge is 0.454 e. The Bertz CT molecular complexity index is 1160. The van der Waals surface area contributed by atoms with Crippen molar-refractivity contribution in [2.24, 2.45) is 17.6 Å². The standard InChI is InChI=1S/C22H17N3O5/c23-20(26)19-17-16(18-13-4-2-1-3-11(13)7-8-24(18)19)21(27)25(22(17)28)12-5-6-14-15(9-12)30-10-29-14/h1-9,16-19H,10H2,(H2,23,26). The van der Waals surface area contributed by atoms with Gasteiger partial charge in [0, 0.05) is 12.3 Å². The Kier molecular flexibility index (Phi) is 3.33. The molecule has 0 aromatic heterocycles. The summed E-state index contributed by atoms with van der Waals surface area (Å²) in [7, 11) is 0. The van der Waals surface area contributed by atoms with E-state index in [0.29, 0.717) is 17.2 Å². The van der Waals surface area contributed by atoms with Crippen LogP contribution in [0.25, 0.3) is 6.08 Å². The van der Waals surface area contributed by atoms with E-state index in [1.165, 1.54) is 0 Å². The fourth-order valence-corrected chi connectivity index (χ4v) is 5.16. The smallest absolute Gasteiger partial charge is 0.240 e. The van der Waals surface area contributed by atoms with E-state index in [4.69, 9.17) is 15.2 Å². The van der Waals surface area contributed by atoms with Gasteiger partial charge in [-0.1, -0.05) is 24.3 Å². The molecule has 2 fully saturated rings. The van der Waals surface area contributed by atoms with Crippen LogP contribution in [-0.2, 0) is 14.4 Å². The third-order valence-corrected chi connectivity index (χ3v) is 6.37. The number of nitrogens with two attached hydrogens (primary N) is 1. The number of hydrogen-bond donors (Lipinski definition) is 1. The van der Waals surface area contributed by atoms with Crippen molar-refractivity contribution in [2.75, 3.05) is 11.7 Å². The van der Waals surface area contributed by atoms with Crippen LogP contribution in [0.4, 0.5) is 5.69 Å². The van der Waals surface area contributed by atoms with Crippen LogP contribution in [0.5, 0.6) is 11.5 Å². The molecule has 2 N–H and O–H groups in total. The average Bonchev–Trinajstić information content (AvgIpc) is 3.41. The van der Waals surface area contributed by atoms with Crippen LogP contribution in [0, 0.1) is 11.8 Å². The van der Waals surface area contributed by atoms with E-state index in [1.807, 2.05) is 30.3 Å². The third kappa shape index (κ3) is 2.07. The Balaban J connectivity index is 1.47. The van der Waals surface area contributed by atoms with Crippen LogP contribution in [-0.4, -0.2) is 35.5 Å². The Morgan fingerprint density at radius 1 is 1.00 bits per heavy atom. The lowest BCUT2D eigenvalue weighted by atomic mass is 9.84. The first-order chi connectivity index (χ1) is 14.6. The molecule has 0 radical (unpaired) electrons. The van der Waals surface area contributed by atoms with E-state index in [9.17, 15) is 14.4 Å². The van der Waals surface area contributed by atoms with Crippen LogP contribution < -0.4 is 20.1 Å². The van der Waals surface area contributed by atoms with Gasteiger partial charge in [-0.25, -0.2) is 4.90 Å². The highest BCUT2D eigenvalue weighted by molar-refractivity contribution is 6.24. The Morgan fingerprint density at radius 2 is 1.77 bits per heavy atom. The highest BCUT2D eigenvalue weighted by atomic mass is 16.7. The molecule has 0 spiro atoms. The minimum absolute atomic E-state index is 0.0931. The maximum Gasteiger partial charge on any atom is 0.240 e. The summed E-state index contributed by atoms with van der Waals surface area (Å²) in [5.41, 5.74) is 7.99. The molecular formula is C22H17N3O5. The zero-order chi connectivity index (χ0) is 20.6. The minimum atomic E-state index is -0.889. The number of hydrogen-bond acceptors (Lipinski definition) is 6. The molecule has 4 aliphatic heterocycles. The summed E-state index contributed by atoms with van der Waals surface area (Å²) in [6.45, 7) is 0.0931. The molecule has 4 aliphatic rings. The molecule has 150 valence electrons. The molecule has 8 heteroatoms. The van der Waals surface area contributed by atoms with Gasteiger partial charge >= 0.3 is 0 Å². The van der Waals surface area contributed by atoms with Crippen molar-refractivity contribution >= 4 is 29.5 Å². The van der Waals surface area contributed by atoms with E-state index in [-0.39, 0.29) is 12.7 Å². The van der Waals surface area contributed by atoms with Crippen molar-refractivity contribution in [3.63, 3.8) is 0 Å². The van der Waals surface area contributed by atoms with Gasteiger partial charge < -0.3 is 20.1 Å². The van der Waals surface area contributed by atoms with Crippen molar-refractivity contribution in [3.8, 4) is 11.5 Å². The van der Waals surface area contributed by atoms with Crippen molar-refractivity contribution < 1.29 is 23.9 Å². The lowest BCUT2D eigenvalue weighted by Gasteiger charge is -2.34. The number of rotatable bonds is 2. The molecule has 4 heterocycles. The highest BCUT2D eigenvalue weighted by Gasteiger charge is 2.64. The van der Waals surface area contributed by atoms with Gasteiger partial charge in [-0.3, -0.25) is 14.4 Å². The molecule has 6 rings (SSSR count). The van der Waals surface area contributed by atoms with Crippen LogP contribution in [0.3, 0.4) is 0 Å². The number of anilines is 1. The first-order valence-corrected chi connectivity index (χ1v) is 9.67. The highest BCUT2D eigenvalue weighted by Crippen LogP contribution is 2.53. The van der Waals surface area contributed by atoms with Crippen molar-refractivity contribution in [2.45, 2.75) is 12.1 Å². The summed E-state index contributed by atoms with van der Waals surface area (Å²) < 4.78 is 10.7. The second-order valence-electron chi connectivity index (χ2n) is 7.78. The lowest BCUT2D eigenvalue weighted by molar-refractivity contribution is -0.129. The Morgan fingerprint density at radius 3 is 2.60 bits per heavy atom. The van der Waals surface area contributed by atoms with E-state index >= 15 is 0 Å². The Hall–Kier alpha value is -3.81. The summed E-state index contributed by atoms with van der Waals surface area (Å²) in [5.74, 6) is -1.90. The zero-order valence-corrected chi connectivity index (χ0v) is 15.7. The average molecular weight is 403 g/mol. The first kappa shape index (κ1) is 17.1. The molecule has 2 aromatic rings. The van der Waals surface area contributed by atoms with Gasteiger partial charge in [0.25, 0.3) is 0 Å². The van der Waals surface area contributed by atoms with Crippen molar-refractivity contribution in [3.05, 3.63) is 59.8 Å². The maximum absolute atomic E-state index is 13.6. The van der Waals surface area contributed by atoms with E-state index in [1.54, 1.807) is 29.3 Å². The monoisotopic (exact) mass is 403 g/mol. The van der Waals surface area contributed by atoms with E-state index in [2.05, 4.69) is 0 Å². The van der Waals surface area contributed by atoms with E-state index < -0.39 is 35.7 Å². The number of imide groups is 1. The molecule has 0 saturated carbocycles. The number of carbonyl (C=O) groups is 3. The van der Waals surface area contributed by atoms with Gasteiger partial charge in [-0.2, -0.15) is 0 Å². The number of ether oxygens (including phenoxy) is 2. The summed E-state index contributed by atoms with van der Waals surface area (Å²) in [6.07, 6.45) is 3.65. The molecule has 0 bridgehead atoms. The summed E-state index contributed by atoms with van der Waals surface area (Å²) >= 11 is 0. The van der Waals surface area contributed by atoms with Gasteiger partial charge in [0.2, 0.25) is 24.5 Å². The van der Waals surface area contributed by atoms with Crippen LogP contribution in [0.15, 0.2) is 48.7 Å². The first-order valence-electron chi connectivity index (χ1n) is 9.67. The zero-order valence-electron chi connectivity index (χ0n) is 15.7. The molecular weight excluding hydrogens is 386 g/mol. The molecule has 2 saturated heterocycles. The van der Waals surface area contributed by atoms with Gasteiger partial charge in [0.1, 0.15) is 6.04 Å². The number of carbonyl (C=O) groups excluding carboxylic acids is 3. The SMILES string of the molecule is NC(=O)C1C2C(=O)N(c3ccc4c(c3)OCO4)C(=O)C2C2c3ccccc3C=CN12. The van der Waals surface area contributed by atoms with Crippen LogP contribution in [0.2, 0.25) is 0 Å². The second kappa shape index (κ2) is 5.85. The molecule has 4 atom stereocenters. The minimum Gasteiger partial charge on any atom is -0.454 e. The molecule has 3 amide bonds. The molecule has 2 aromatic carbocycles. The number of benzene rings is 2. The summed E-state index contributed by atoms with van der Waals surface area (Å²) in [4.78, 5) is 42.3. The molecule has 0 aliphatic carbocycles. The second-order valence-corrected chi connectivity index (χ2v) is 7.78.